The molecule has 0 radical (unpaired) electrons. The molecule has 0 bridgehead atoms. The quantitative estimate of drug-likeness (QED) is 0.752. The summed E-state index contributed by atoms with van der Waals surface area (Å²) in [7, 11) is 0. The molecule has 2 nitrogen and oxygen atoms in total. The number of benzene rings is 1. The number of rotatable bonds is 4. The summed E-state index contributed by atoms with van der Waals surface area (Å²) in [5.74, 6) is 0. The van der Waals surface area contributed by atoms with E-state index < -0.39 is 0 Å². The Morgan fingerprint density at radius 2 is 1.84 bits per heavy atom. The van der Waals surface area contributed by atoms with Crippen molar-refractivity contribution in [3.05, 3.63) is 48.3 Å². The van der Waals surface area contributed by atoms with Crippen molar-refractivity contribution in [2.45, 2.75) is 38.4 Å². The first kappa shape index (κ1) is 14.3. The van der Waals surface area contributed by atoms with Crippen LogP contribution in [0.1, 0.15) is 32.9 Å². The molecule has 1 aromatic heterocycles. The SMILES string of the molecule is CC(C)(C)C(Br)CCc1ccnn1-c1ccccc1. The van der Waals surface area contributed by atoms with Crippen LogP contribution in [0.25, 0.3) is 5.69 Å². The van der Waals surface area contributed by atoms with Crippen molar-refractivity contribution >= 4 is 15.9 Å². The summed E-state index contributed by atoms with van der Waals surface area (Å²) in [6.45, 7) is 6.79. The first-order chi connectivity index (χ1) is 8.98. The minimum atomic E-state index is 0.289. The standard InChI is InChI=1S/C16H21BrN2/c1-16(2,3)15(17)10-9-14-11-12-18-19(14)13-7-5-4-6-8-13/h4-8,11-12,15H,9-10H2,1-3H3. The van der Waals surface area contributed by atoms with Crippen molar-refractivity contribution in [3.63, 3.8) is 0 Å². The zero-order valence-corrected chi connectivity index (χ0v) is 13.4. The van der Waals surface area contributed by atoms with Crippen LogP contribution in [0.15, 0.2) is 42.6 Å². The molecule has 0 aliphatic rings. The number of nitrogens with zero attached hydrogens (tertiary/aromatic N) is 2. The van der Waals surface area contributed by atoms with Gasteiger partial charge in [0, 0.05) is 16.7 Å². The first-order valence-corrected chi connectivity index (χ1v) is 7.62. The van der Waals surface area contributed by atoms with Crippen molar-refractivity contribution in [2.75, 3.05) is 0 Å². The second-order valence-electron chi connectivity index (χ2n) is 5.94. The maximum absolute atomic E-state index is 4.43. The molecule has 0 fully saturated rings. The minimum Gasteiger partial charge on any atom is -0.238 e. The van der Waals surface area contributed by atoms with Gasteiger partial charge < -0.3 is 0 Å². The number of hydrogen-bond donors (Lipinski definition) is 0. The van der Waals surface area contributed by atoms with Crippen LogP contribution in [0.2, 0.25) is 0 Å². The van der Waals surface area contributed by atoms with Gasteiger partial charge in [0.05, 0.1) is 5.69 Å². The number of halogens is 1. The Morgan fingerprint density at radius 1 is 1.16 bits per heavy atom. The van der Waals surface area contributed by atoms with Gasteiger partial charge in [-0.15, -0.1) is 0 Å². The number of alkyl halides is 1. The van der Waals surface area contributed by atoms with Crippen LogP contribution >= 0.6 is 15.9 Å². The van der Waals surface area contributed by atoms with E-state index in [9.17, 15) is 0 Å². The van der Waals surface area contributed by atoms with Gasteiger partial charge in [0.15, 0.2) is 0 Å². The predicted octanol–water partition coefficient (Wildman–Crippen LogP) is 4.61. The van der Waals surface area contributed by atoms with Gasteiger partial charge in [-0.2, -0.15) is 5.10 Å². The highest BCUT2D eigenvalue weighted by atomic mass is 79.9. The van der Waals surface area contributed by atoms with Gasteiger partial charge in [0.25, 0.3) is 0 Å². The number of para-hydroxylation sites is 1. The summed E-state index contributed by atoms with van der Waals surface area (Å²) in [5.41, 5.74) is 2.68. The number of hydrogen-bond acceptors (Lipinski definition) is 1. The van der Waals surface area contributed by atoms with Crippen molar-refractivity contribution in [2.24, 2.45) is 5.41 Å². The van der Waals surface area contributed by atoms with E-state index in [0.29, 0.717) is 4.83 Å². The summed E-state index contributed by atoms with van der Waals surface area (Å²) >= 11 is 3.80. The normalized spacial score (nSPS) is 13.5. The van der Waals surface area contributed by atoms with Crippen LogP contribution in [-0.4, -0.2) is 14.6 Å². The molecule has 0 N–H and O–H groups in total. The molecule has 1 heterocycles. The van der Waals surface area contributed by atoms with Crippen molar-refractivity contribution in [3.8, 4) is 5.69 Å². The molecule has 2 rings (SSSR count). The molecule has 0 aliphatic carbocycles. The fraction of sp³-hybridized carbons (Fsp3) is 0.438. The van der Waals surface area contributed by atoms with Crippen LogP contribution in [0, 0.1) is 5.41 Å². The third-order valence-electron chi connectivity index (χ3n) is 3.32. The zero-order valence-electron chi connectivity index (χ0n) is 11.8. The summed E-state index contributed by atoms with van der Waals surface area (Å²) in [6, 6.07) is 12.4. The first-order valence-electron chi connectivity index (χ1n) is 6.71. The lowest BCUT2D eigenvalue weighted by Gasteiger charge is -2.25. The molecule has 19 heavy (non-hydrogen) atoms. The molecule has 0 saturated carbocycles. The van der Waals surface area contributed by atoms with E-state index in [1.807, 2.05) is 29.1 Å². The van der Waals surface area contributed by atoms with Gasteiger partial charge in [-0.3, -0.25) is 0 Å². The summed E-state index contributed by atoms with van der Waals surface area (Å²) in [5, 5.41) is 4.43. The van der Waals surface area contributed by atoms with E-state index >= 15 is 0 Å². The molecule has 0 spiro atoms. The van der Waals surface area contributed by atoms with E-state index in [2.05, 4.69) is 60.0 Å². The van der Waals surface area contributed by atoms with Crippen LogP contribution in [0.3, 0.4) is 0 Å². The van der Waals surface area contributed by atoms with E-state index in [-0.39, 0.29) is 5.41 Å². The van der Waals surface area contributed by atoms with Gasteiger partial charge in [-0.25, -0.2) is 4.68 Å². The van der Waals surface area contributed by atoms with E-state index in [1.165, 1.54) is 5.69 Å². The summed E-state index contributed by atoms with van der Waals surface area (Å²) < 4.78 is 2.03. The lowest BCUT2D eigenvalue weighted by Crippen LogP contribution is -2.21. The fourth-order valence-electron chi connectivity index (χ4n) is 2.03. The predicted molar refractivity (Wildman–Crippen MR) is 84.1 cm³/mol. The van der Waals surface area contributed by atoms with E-state index in [0.717, 1.165) is 18.5 Å². The molecule has 0 aliphatic heterocycles. The number of aryl methyl sites for hydroxylation is 1. The van der Waals surface area contributed by atoms with Crippen LogP contribution < -0.4 is 0 Å². The second kappa shape index (κ2) is 5.91. The average molecular weight is 321 g/mol. The van der Waals surface area contributed by atoms with Crippen LogP contribution in [0.4, 0.5) is 0 Å². The molecule has 1 atom stereocenters. The van der Waals surface area contributed by atoms with Crippen LogP contribution in [0.5, 0.6) is 0 Å². The maximum atomic E-state index is 4.43. The maximum Gasteiger partial charge on any atom is 0.0648 e. The van der Waals surface area contributed by atoms with Crippen LogP contribution in [-0.2, 0) is 6.42 Å². The largest absolute Gasteiger partial charge is 0.238 e. The summed E-state index contributed by atoms with van der Waals surface area (Å²) in [4.78, 5) is 0.513. The van der Waals surface area contributed by atoms with E-state index in [4.69, 9.17) is 0 Å². The van der Waals surface area contributed by atoms with Gasteiger partial charge >= 0.3 is 0 Å². The topological polar surface area (TPSA) is 17.8 Å². The minimum absolute atomic E-state index is 0.289. The second-order valence-corrected chi connectivity index (χ2v) is 7.05. The number of aromatic nitrogens is 2. The van der Waals surface area contributed by atoms with Crippen molar-refractivity contribution < 1.29 is 0 Å². The molecule has 0 amide bonds. The van der Waals surface area contributed by atoms with E-state index in [1.54, 1.807) is 0 Å². The molecule has 2 aromatic rings. The molecular formula is C16H21BrN2. The van der Waals surface area contributed by atoms with Crippen molar-refractivity contribution in [1.29, 1.82) is 0 Å². The van der Waals surface area contributed by atoms with Gasteiger partial charge in [-0.05, 0) is 36.5 Å². The molecule has 3 heteroatoms. The Balaban J connectivity index is 2.09. The molecule has 1 unspecified atom stereocenters. The third kappa shape index (κ3) is 3.69. The smallest absolute Gasteiger partial charge is 0.0648 e. The Bertz CT molecular complexity index is 511. The highest BCUT2D eigenvalue weighted by Gasteiger charge is 2.21. The fourth-order valence-corrected chi connectivity index (χ4v) is 2.26. The Kier molecular flexibility index (Phi) is 4.46. The highest BCUT2D eigenvalue weighted by molar-refractivity contribution is 9.09. The lowest BCUT2D eigenvalue weighted by atomic mass is 9.89. The monoisotopic (exact) mass is 320 g/mol. The lowest BCUT2D eigenvalue weighted by molar-refractivity contribution is 0.384. The zero-order chi connectivity index (χ0) is 13.9. The molecule has 0 saturated heterocycles. The molecule has 1 aromatic carbocycles. The average Bonchev–Trinajstić information content (AvgIpc) is 2.84. The Labute approximate surface area is 124 Å². The Morgan fingerprint density at radius 3 is 2.47 bits per heavy atom. The third-order valence-corrected chi connectivity index (χ3v) is 5.15. The highest BCUT2D eigenvalue weighted by Crippen LogP contribution is 2.29. The Hall–Kier alpha value is -1.09. The van der Waals surface area contributed by atoms with Crippen molar-refractivity contribution in [1.82, 2.24) is 9.78 Å². The van der Waals surface area contributed by atoms with Gasteiger partial charge in [0.1, 0.15) is 0 Å². The molecular weight excluding hydrogens is 300 g/mol. The van der Waals surface area contributed by atoms with Gasteiger partial charge in [0.2, 0.25) is 0 Å². The van der Waals surface area contributed by atoms with Gasteiger partial charge in [-0.1, -0.05) is 54.9 Å². The molecule has 102 valence electrons. The summed E-state index contributed by atoms with van der Waals surface area (Å²) in [6.07, 6.45) is 4.02.